The SMILES string of the molecule is CCCNC(=O)CC(C#N)c1ccc(Br)cc1. The van der Waals surface area contributed by atoms with Crippen LogP contribution in [-0.4, -0.2) is 12.5 Å². The summed E-state index contributed by atoms with van der Waals surface area (Å²) in [7, 11) is 0. The number of amides is 1. The van der Waals surface area contributed by atoms with Crippen LogP contribution in [0.4, 0.5) is 0 Å². The van der Waals surface area contributed by atoms with E-state index in [1.807, 2.05) is 31.2 Å². The van der Waals surface area contributed by atoms with Crippen molar-refractivity contribution in [2.24, 2.45) is 0 Å². The minimum absolute atomic E-state index is 0.0682. The molecule has 0 bridgehead atoms. The second-order valence-electron chi connectivity index (χ2n) is 3.79. The summed E-state index contributed by atoms with van der Waals surface area (Å²) in [4.78, 5) is 11.5. The molecule has 0 saturated heterocycles. The van der Waals surface area contributed by atoms with Gasteiger partial charge in [-0.05, 0) is 24.1 Å². The molecule has 1 aromatic carbocycles. The van der Waals surface area contributed by atoms with Gasteiger partial charge in [-0.2, -0.15) is 5.26 Å². The predicted molar refractivity (Wildman–Crippen MR) is 70.4 cm³/mol. The van der Waals surface area contributed by atoms with Crippen LogP contribution in [0.1, 0.15) is 31.2 Å². The lowest BCUT2D eigenvalue weighted by Gasteiger charge is -2.09. The van der Waals surface area contributed by atoms with E-state index in [0.29, 0.717) is 6.54 Å². The lowest BCUT2D eigenvalue weighted by atomic mass is 9.97. The molecule has 3 nitrogen and oxygen atoms in total. The largest absolute Gasteiger partial charge is 0.356 e. The first-order valence-electron chi connectivity index (χ1n) is 5.59. The molecule has 0 spiro atoms. The van der Waals surface area contributed by atoms with Crippen molar-refractivity contribution in [2.75, 3.05) is 6.54 Å². The first kappa shape index (κ1) is 13.7. The Balaban J connectivity index is 2.63. The number of nitriles is 1. The van der Waals surface area contributed by atoms with E-state index in [2.05, 4.69) is 27.3 Å². The van der Waals surface area contributed by atoms with Crippen molar-refractivity contribution in [2.45, 2.75) is 25.7 Å². The second kappa shape index (κ2) is 7.08. The first-order valence-corrected chi connectivity index (χ1v) is 6.38. The van der Waals surface area contributed by atoms with Crippen LogP contribution in [-0.2, 0) is 4.79 Å². The van der Waals surface area contributed by atoms with Crippen molar-refractivity contribution < 1.29 is 4.79 Å². The van der Waals surface area contributed by atoms with Crippen molar-refractivity contribution in [3.63, 3.8) is 0 Å². The van der Waals surface area contributed by atoms with Gasteiger partial charge in [-0.1, -0.05) is 35.0 Å². The zero-order chi connectivity index (χ0) is 12.7. The van der Waals surface area contributed by atoms with Gasteiger partial charge in [0.2, 0.25) is 5.91 Å². The third-order valence-corrected chi connectivity index (χ3v) is 2.92. The average molecular weight is 295 g/mol. The Morgan fingerprint density at radius 3 is 2.65 bits per heavy atom. The molecule has 4 heteroatoms. The lowest BCUT2D eigenvalue weighted by molar-refractivity contribution is -0.121. The summed E-state index contributed by atoms with van der Waals surface area (Å²) in [6.45, 7) is 2.66. The number of nitrogens with zero attached hydrogens (tertiary/aromatic N) is 1. The van der Waals surface area contributed by atoms with Crippen LogP contribution < -0.4 is 5.32 Å². The summed E-state index contributed by atoms with van der Waals surface area (Å²) >= 11 is 3.34. The molecule has 1 rings (SSSR count). The maximum absolute atomic E-state index is 11.5. The van der Waals surface area contributed by atoms with Crippen molar-refractivity contribution in [1.29, 1.82) is 5.26 Å². The fourth-order valence-electron chi connectivity index (χ4n) is 1.46. The number of carbonyl (C=O) groups excluding carboxylic acids is 1. The van der Waals surface area contributed by atoms with Crippen LogP contribution in [0.15, 0.2) is 28.7 Å². The Kier molecular flexibility index (Phi) is 5.71. The molecule has 17 heavy (non-hydrogen) atoms. The quantitative estimate of drug-likeness (QED) is 0.908. The van der Waals surface area contributed by atoms with Crippen LogP contribution in [0.2, 0.25) is 0 Å². The van der Waals surface area contributed by atoms with E-state index in [1.54, 1.807) is 0 Å². The normalized spacial score (nSPS) is 11.6. The van der Waals surface area contributed by atoms with Crippen LogP contribution in [0.5, 0.6) is 0 Å². The van der Waals surface area contributed by atoms with Gasteiger partial charge in [-0.15, -0.1) is 0 Å². The van der Waals surface area contributed by atoms with Gasteiger partial charge >= 0.3 is 0 Å². The minimum Gasteiger partial charge on any atom is -0.356 e. The number of halogens is 1. The van der Waals surface area contributed by atoms with Crippen LogP contribution in [0, 0.1) is 11.3 Å². The topological polar surface area (TPSA) is 52.9 Å². The van der Waals surface area contributed by atoms with E-state index < -0.39 is 0 Å². The monoisotopic (exact) mass is 294 g/mol. The molecule has 90 valence electrons. The highest BCUT2D eigenvalue weighted by molar-refractivity contribution is 9.10. The summed E-state index contributed by atoms with van der Waals surface area (Å²) in [6.07, 6.45) is 1.12. The number of benzene rings is 1. The van der Waals surface area contributed by atoms with Crippen LogP contribution in [0.3, 0.4) is 0 Å². The molecule has 1 aromatic rings. The maximum atomic E-state index is 11.5. The lowest BCUT2D eigenvalue weighted by Crippen LogP contribution is -2.25. The minimum atomic E-state index is -0.375. The number of hydrogen-bond donors (Lipinski definition) is 1. The summed E-state index contributed by atoms with van der Waals surface area (Å²) in [5.41, 5.74) is 0.877. The van der Waals surface area contributed by atoms with Gasteiger partial charge in [-0.3, -0.25) is 4.79 Å². The number of carbonyl (C=O) groups is 1. The van der Waals surface area contributed by atoms with Gasteiger partial charge in [0.05, 0.1) is 12.0 Å². The third kappa shape index (κ3) is 4.58. The van der Waals surface area contributed by atoms with Crippen LogP contribution >= 0.6 is 15.9 Å². The highest BCUT2D eigenvalue weighted by Gasteiger charge is 2.14. The number of hydrogen-bond acceptors (Lipinski definition) is 2. The summed E-state index contributed by atoms with van der Waals surface area (Å²) in [5, 5.41) is 11.9. The van der Waals surface area contributed by atoms with Gasteiger partial charge in [0.25, 0.3) is 0 Å². The predicted octanol–water partition coefficient (Wildman–Crippen LogP) is 2.97. The average Bonchev–Trinajstić information content (AvgIpc) is 2.34. The fraction of sp³-hybridized carbons (Fsp3) is 0.385. The van der Waals surface area contributed by atoms with Gasteiger partial charge in [0.1, 0.15) is 0 Å². The Bertz CT molecular complexity index is 408. The Labute approximate surface area is 110 Å². The van der Waals surface area contributed by atoms with E-state index in [-0.39, 0.29) is 18.2 Å². The highest BCUT2D eigenvalue weighted by atomic mass is 79.9. The van der Waals surface area contributed by atoms with Crippen molar-refractivity contribution in [3.05, 3.63) is 34.3 Å². The molecule has 0 heterocycles. The van der Waals surface area contributed by atoms with E-state index in [0.717, 1.165) is 16.5 Å². The smallest absolute Gasteiger partial charge is 0.221 e. The summed E-state index contributed by atoms with van der Waals surface area (Å²) in [5.74, 6) is -0.443. The van der Waals surface area contributed by atoms with E-state index in [4.69, 9.17) is 5.26 Å². The van der Waals surface area contributed by atoms with Gasteiger partial charge in [0.15, 0.2) is 0 Å². The third-order valence-electron chi connectivity index (χ3n) is 2.39. The number of nitrogens with one attached hydrogen (secondary N) is 1. The van der Waals surface area contributed by atoms with Gasteiger partial charge in [-0.25, -0.2) is 0 Å². The zero-order valence-electron chi connectivity index (χ0n) is 9.74. The van der Waals surface area contributed by atoms with Gasteiger partial charge in [0, 0.05) is 17.4 Å². The molecule has 0 aromatic heterocycles. The Morgan fingerprint density at radius 2 is 2.12 bits per heavy atom. The molecular weight excluding hydrogens is 280 g/mol. The zero-order valence-corrected chi connectivity index (χ0v) is 11.3. The number of rotatable bonds is 5. The molecular formula is C13H15BrN2O. The molecule has 1 unspecified atom stereocenters. The molecule has 0 aliphatic heterocycles. The molecule has 1 N–H and O–H groups in total. The highest BCUT2D eigenvalue weighted by Crippen LogP contribution is 2.21. The van der Waals surface area contributed by atoms with E-state index in [1.165, 1.54) is 0 Å². The summed E-state index contributed by atoms with van der Waals surface area (Å²) in [6, 6.07) is 9.66. The van der Waals surface area contributed by atoms with E-state index >= 15 is 0 Å². The van der Waals surface area contributed by atoms with Crippen molar-refractivity contribution in [1.82, 2.24) is 5.32 Å². The molecule has 0 saturated carbocycles. The fourth-order valence-corrected chi connectivity index (χ4v) is 1.72. The maximum Gasteiger partial charge on any atom is 0.221 e. The molecule has 0 radical (unpaired) electrons. The standard InChI is InChI=1S/C13H15BrN2O/c1-2-7-16-13(17)8-11(9-15)10-3-5-12(14)6-4-10/h3-6,11H,2,7-8H2,1H3,(H,16,17). The molecule has 1 amide bonds. The van der Waals surface area contributed by atoms with Crippen molar-refractivity contribution in [3.8, 4) is 6.07 Å². The second-order valence-corrected chi connectivity index (χ2v) is 4.70. The Morgan fingerprint density at radius 1 is 1.47 bits per heavy atom. The first-order chi connectivity index (χ1) is 8.17. The van der Waals surface area contributed by atoms with Gasteiger partial charge < -0.3 is 5.32 Å². The summed E-state index contributed by atoms with van der Waals surface area (Å²) < 4.78 is 0.966. The molecule has 0 aliphatic carbocycles. The van der Waals surface area contributed by atoms with Crippen LogP contribution in [0.25, 0.3) is 0 Å². The molecule has 0 aliphatic rings. The van der Waals surface area contributed by atoms with Crippen molar-refractivity contribution >= 4 is 21.8 Å². The molecule has 1 atom stereocenters. The Hall–Kier alpha value is -1.34. The van der Waals surface area contributed by atoms with E-state index in [9.17, 15) is 4.79 Å². The molecule has 0 fully saturated rings.